The van der Waals surface area contributed by atoms with E-state index in [1.165, 1.54) is 51.4 Å². The first-order valence-electron chi connectivity index (χ1n) is 12.6. The summed E-state index contributed by atoms with van der Waals surface area (Å²) in [5, 5.41) is 0. The molecule has 176 valence electrons. The Kier molecular flexibility index (Phi) is 12.6. The van der Waals surface area contributed by atoms with E-state index in [-0.39, 0.29) is 11.9 Å². The number of hydrogen-bond acceptors (Lipinski definition) is 3. The number of hydrogen-bond donors (Lipinski definition) is 0. The van der Waals surface area contributed by atoms with E-state index in [1.54, 1.807) is 7.11 Å². The summed E-state index contributed by atoms with van der Waals surface area (Å²) in [6.45, 7) is 4.46. The number of para-hydroxylation sites is 1. The van der Waals surface area contributed by atoms with E-state index in [1.807, 2.05) is 48.5 Å². The summed E-state index contributed by atoms with van der Waals surface area (Å²) in [6, 6.07) is 15.7. The van der Waals surface area contributed by atoms with Crippen LogP contribution in [-0.4, -0.2) is 13.1 Å². The summed E-state index contributed by atoms with van der Waals surface area (Å²) in [4.78, 5) is 13.2. The zero-order valence-electron chi connectivity index (χ0n) is 20.4. The van der Waals surface area contributed by atoms with Crippen LogP contribution in [0.4, 0.5) is 0 Å². The van der Waals surface area contributed by atoms with Gasteiger partial charge in [-0.05, 0) is 36.6 Å². The number of carbonyl (C=O) groups excluding carboxylic acids is 1. The van der Waals surface area contributed by atoms with Crippen LogP contribution >= 0.6 is 0 Å². The molecule has 0 aliphatic rings. The van der Waals surface area contributed by atoms with Crippen molar-refractivity contribution in [1.29, 1.82) is 0 Å². The monoisotopic (exact) mass is 438 g/mol. The highest BCUT2D eigenvalue weighted by Crippen LogP contribution is 2.33. The van der Waals surface area contributed by atoms with Crippen LogP contribution in [0.3, 0.4) is 0 Å². The maximum Gasteiger partial charge on any atom is 0.314 e. The molecule has 1 unspecified atom stereocenters. The average Bonchev–Trinajstić information content (AvgIpc) is 2.83. The van der Waals surface area contributed by atoms with Gasteiger partial charge < -0.3 is 9.47 Å². The standard InChI is InChI=1S/C29H42O3/c1-4-6-8-10-11-13-18-24(17-12-9-7-5-2)29(30)32-28-22-15-14-21-27(28)25-19-16-20-26(23-25)31-3/h14-16,19-24H,4-13,17-18H2,1-3H3. The summed E-state index contributed by atoms with van der Waals surface area (Å²) >= 11 is 0. The molecule has 0 spiro atoms. The van der Waals surface area contributed by atoms with Crippen LogP contribution in [0.15, 0.2) is 48.5 Å². The molecule has 1 atom stereocenters. The first kappa shape index (κ1) is 26.0. The predicted octanol–water partition coefficient (Wildman–Crippen LogP) is 8.60. The molecule has 3 heteroatoms. The predicted molar refractivity (Wildman–Crippen MR) is 134 cm³/mol. The molecule has 0 fully saturated rings. The highest BCUT2D eigenvalue weighted by molar-refractivity contribution is 5.79. The van der Waals surface area contributed by atoms with E-state index in [9.17, 15) is 4.79 Å². The minimum atomic E-state index is -0.0783. The van der Waals surface area contributed by atoms with E-state index in [0.717, 1.165) is 42.6 Å². The molecule has 2 aromatic carbocycles. The maximum absolute atomic E-state index is 13.2. The number of ether oxygens (including phenoxy) is 2. The van der Waals surface area contributed by atoms with Crippen molar-refractivity contribution in [3.63, 3.8) is 0 Å². The molecule has 0 saturated carbocycles. The lowest BCUT2D eigenvalue weighted by atomic mass is 9.94. The lowest BCUT2D eigenvalue weighted by molar-refractivity contribution is -0.139. The van der Waals surface area contributed by atoms with Gasteiger partial charge in [-0.2, -0.15) is 0 Å². The molecule has 0 aromatic heterocycles. The molecule has 0 saturated heterocycles. The fraction of sp³-hybridized carbons (Fsp3) is 0.552. The smallest absolute Gasteiger partial charge is 0.314 e. The third-order valence-electron chi connectivity index (χ3n) is 6.12. The molecule has 0 heterocycles. The molecular formula is C29H42O3. The molecule has 2 aromatic rings. The van der Waals surface area contributed by atoms with Crippen molar-refractivity contribution in [3.8, 4) is 22.6 Å². The minimum Gasteiger partial charge on any atom is -0.497 e. The van der Waals surface area contributed by atoms with Crippen molar-refractivity contribution in [2.45, 2.75) is 90.9 Å². The number of rotatable bonds is 16. The average molecular weight is 439 g/mol. The second-order valence-electron chi connectivity index (χ2n) is 8.75. The second kappa shape index (κ2) is 15.5. The molecule has 0 amide bonds. The Hall–Kier alpha value is -2.29. The molecule has 0 aliphatic heterocycles. The minimum absolute atomic E-state index is 0.0172. The fourth-order valence-corrected chi connectivity index (χ4v) is 4.15. The van der Waals surface area contributed by atoms with Gasteiger partial charge in [-0.1, -0.05) is 108 Å². The molecule has 0 radical (unpaired) electrons. The van der Waals surface area contributed by atoms with Crippen molar-refractivity contribution in [2.24, 2.45) is 5.92 Å². The van der Waals surface area contributed by atoms with Crippen LogP contribution in [0.5, 0.6) is 11.5 Å². The third kappa shape index (κ3) is 9.06. The molecule has 0 aliphatic carbocycles. The largest absolute Gasteiger partial charge is 0.497 e. The molecule has 32 heavy (non-hydrogen) atoms. The van der Waals surface area contributed by atoms with Crippen molar-refractivity contribution >= 4 is 5.97 Å². The molecule has 0 bridgehead atoms. The van der Waals surface area contributed by atoms with Gasteiger partial charge in [0, 0.05) is 5.56 Å². The van der Waals surface area contributed by atoms with Gasteiger partial charge in [-0.25, -0.2) is 0 Å². The van der Waals surface area contributed by atoms with Crippen LogP contribution < -0.4 is 9.47 Å². The van der Waals surface area contributed by atoms with E-state index < -0.39 is 0 Å². The molecule has 2 rings (SSSR count). The van der Waals surface area contributed by atoms with E-state index >= 15 is 0 Å². The Morgan fingerprint density at radius 1 is 0.781 bits per heavy atom. The van der Waals surface area contributed by atoms with Gasteiger partial charge in [-0.3, -0.25) is 4.79 Å². The highest BCUT2D eigenvalue weighted by Gasteiger charge is 2.21. The summed E-state index contributed by atoms with van der Waals surface area (Å²) in [6.07, 6.45) is 14.0. The Morgan fingerprint density at radius 2 is 1.41 bits per heavy atom. The Morgan fingerprint density at radius 3 is 2.09 bits per heavy atom. The normalized spacial score (nSPS) is 11.8. The van der Waals surface area contributed by atoms with Crippen LogP contribution in [0.1, 0.15) is 90.9 Å². The second-order valence-corrected chi connectivity index (χ2v) is 8.75. The summed E-state index contributed by atoms with van der Waals surface area (Å²) < 4.78 is 11.4. The first-order chi connectivity index (χ1) is 15.7. The zero-order valence-corrected chi connectivity index (χ0v) is 20.4. The van der Waals surface area contributed by atoms with E-state index in [2.05, 4.69) is 13.8 Å². The number of esters is 1. The topological polar surface area (TPSA) is 35.5 Å². The fourth-order valence-electron chi connectivity index (χ4n) is 4.15. The van der Waals surface area contributed by atoms with Gasteiger partial charge in [0.15, 0.2) is 0 Å². The van der Waals surface area contributed by atoms with Crippen LogP contribution in [-0.2, 0) is 4.79 Å². The van der Waals surface area contributed by atoms with Crippen LogP contribution in [0.2, 0.25) is 0 Å². The lowest BCUT2D eigenvalue weighted by Gasteiger charge is -2.18. The molecular weight excluding hydrogens is 396 g/mol. The summed E-state index contributed by atoms with van der Waals surface area (Å²) in [5.74, 6) is 1.33. The SMILES string of the molecule is CCCCCCCCC(CCCCCC)C(=O)Oc1ccccc1-c1cccc(OC)c1. The van der Waals surface area contributed by atoms with Gasteiger partial charge in [0.25, 0.3) is 0 Å². The van der Waals surface area contributed by atoms with Crippen molar-refractivity contribution < 1.29 is 14.3 Å². The molecule has 3 nitrogen and oxygen atoms in total. The molecule has 0 N–H and O–H groups in total. The summed E-state index contributed by atoms with van der Waals surface area (Å²) in [5.41, 5.74) is 1.91. The first-order valence-corrected chi connectivity index (χ1v) is 12.6. The number of carbonyl (C=O) groups is 1. The highest BCUT2D eigenvalue weighted by atomic mass is 16.5. The van der Waals surface area contributed by atoms with Gasteiger partial charge >= 0.3 is 5.97 Å². The Labute approximate surface area is 195 Å². The van der Waals surface area contributed by atoms with E-state index in [0.29, 0.717) is 5.75 Å². The van der Waals surface area contributed by atoms with E-state index in [4.69, 9.17) is 9.47 Å². The third-order valence-corrected chi connectivity index (χ3v) is 6.12. The van der Waals surface area contributed by atoms with Gasteiger partial charge in [0.05, 0.1) is 13.0 Å². The van der Waals surface area contributed by atoms with Crippen LogP contribution in [0, 0.1) is 5.92 Å². The zero-order chi connectivity index (χ0) is 23.0. The quantitative estimate of drug-likeness (QED) is 0.149. The summed E-state index contributed by atoms with van der Waals surface area (Å²) in [7, 11) is 1.66. The van der Waals surface area contributed by atoms with Gasteiger partial charge in [0.1, 0.15) is 11.5 Å². The van der Waals surface area contributed by atoms with Crippen molar-refractivity contribution in [3.05, 3.63) is 48.5 Å². The number of benzene rings is 2. The van der Waals surface area contributed by atoms with Crippen LogP contribution in [0.25, 0.3) is 11.1 Å². The Bertz CT molecular complexity index is 783. The number of methoxy groups -OCH3 is 1. The maximum atomic E-state index is 13.2. The lowest BCUT2D eigenvalue weighted by Crippen LogP contribution is -2.21. The van der Waals surface area contributed by atoms with Crippen molar-refractivity contribution in [1.82, 2.24) is 0 Å². The number of unbranched alkanes of at least 4 members (excludes halogenated alkanes) is 8. The Balaban J connectivity index is 2.05. The van der Waals surface area contributed by atoms with Gasteiger partial charge in [0.2, 0.25) is 0 Å². The van der Waals surface area contributed by atoms with Gasteiger partial charge in [-0.15, -0.1) is 0 Å². The van der Waals surface area contributed by atoms with Crippen molar-refractivity contribution in [2.75, 3.05) is 7.11 Å².